The van der Waals surface area contributed by atoms with Gasteiger partial charge in [-0.3, -0.25) is 42.2 Å². The van der Waals surface area contributed by atoms with Crippen LogP contribution in [0.5, 0.6) is 0 Å². The quantitative estimate of drug-likeness (QED) is 0.0368. The molecule has 0 fully saturated rings. The molecule has 0 saturated heterocycles. The lowest BCUT2D eigenvalue weighted by molar-refractivity contribution is -0.437. The number of nitrogens with zero attached hydrogens (tertiary/aromatic N) is 2. The van der Waals surface area contributed by atoms with E-state index in [1.807, 2.05) is 0 Å². The van der Waals surface area contributed by atoms with E-state index in [0.29, 0.717) is 53.2 Å². The lowest BCUT2D eigenvalue weighted by Crippen LogP contribution is -2.33. The van der Waals surface area contributed by atoms with Gasteiger partial charge in [-0.05, 0) is 57.9 Å². The molecule has 2 aliphatic rings. The van der Waals surface area contributed by atoms with Crippen LogP contribution in [0.15, 0.2) is 48.2 Å². The molecule has 24 nitrogen and oxygen atoms in total. The van der Waals surface area contributed by atoms with Crippen molar-refractivity contribution in [2.45, 2.75) is 77.6 Å². The number of carboxylic acid groups (broad SMARTS) is 1. The number of amides is 4. The Hall–Kier alpha value is -5.62. The molecule has 398 valence electrons. The molecule has 0 aliphatic carbocycles. The third-order valence-corrected chi connectivity index (χ3v) is 14.7. The average Bonchev–Trinajstić information content (AvgIpc) is 3.58. The maximum Gasteiger partial charge on any atom is 0.303 e. The highest BCUT2D eigenvalue weighted by molar-refractivity contribution is 7.86. The first-order valence-corrected chi connectivity index (χ1v) is 29.0. The number of unbranched alkanes of at least 4 members (excludes halogenated alkanes) is 2. The molecule has 72 heavy (non-hydrogen) atoms. The second kappa shape index (κ2) is 23.5. The van der Waals surface area contributed by atoms with Crippen molar-refractivity contribution >= 4 is 87.2 Å². The zero-order valence-corrected chi connectivity index (χ0v) is 43.5. The Morgan fingerprint density at radius 2 is 1.10 bits per heavy atom. The molecule has 28 heteroatoms. The van der Waals surface area contributed by atoms with Gasteiger partial charge in [0.25, 0.3) is 64.1 Å². The van der Waals surface area contributed by atoms with Gasteiger partial charge in [0.1, 0.15) is 6.54 Å². The Labute approximate surface area is 418 Å². The molecule has 0 saturated carbocycles. The summed E-state index contributed by atoms with van der Waals surface area (Å²) in [5, 5.41) is 19.2. The first-order chi connectivity index (χ1) is 33.2. The topological polar surface area (TPSA) is 377 Å². The van der Waals surface area contributed by atoms with Gasteiger partial charge in [0.2, 0.25) is 5.69 Å². The maximum atomic E-state index is 14.0. The fraction of sp³-hybridized carbons (Fsp3) is 0.500. The van der Waals surface area contributed by atoms with Crippen molar-refractivity contribution < 1.29 is 85.5 Å². The number of aliphatic carboxylic acids is 1. The van der Waals surface area contributed by atoms with Gasteiger partial charge in [0.15, 0.2) is 5.71 Å². The third kappa shape index (κ3) is 15.9. The van der Waals surface area contributed by atoms with Crippen LogP contribution in [0.3, 0.4) is 0 Å². The van der Waals surface area contributed by atoms with Crippen molar-refractivity contribution in [3.63, 3.8) is 0 Å². The van der Waals surface area contributed by atoms with Crippen molar-refractivity contribution in [2.75, 3.05) is 67.2 Å². The standard InChI is InChI=1S/C44H60N6O18S4/c1-6-45-39(53)28-24-30(41(55)47-16-22-71(63,64)65)38-33(26-28)50(19-11-20-69(57,58)59)35(44(38,4)5)13-10-12-34-43(2,3)37-31(42(56)48-17-23-72(66,67)68)25-29(40(54)46-15-21-70(60,61)62)27-32(37)49(34)18-9-7-8-14-36(51)52/h10,12-13,24-27H,6-9,11,14-23H2,1-5H3,(H8-,45,46,47,48,51,52,53,54,55,56,57,58,59,60,61,62,63,64,65,66,67,68)/p+1. The van der Waals surface area contributed by atoms with Gasteiger partial charge in [-0.1, -0.05) is 26.3 Å². The molecule has 0 bridgehead atoms. The second-order valence-electron chi connectivity index (χ2n) is 18.0. The summed E-state index contributed by atoms with van der Waals surface area (Å²) in [7, 11) is -18.0. The van der Waals surface area contributed by atoms with E-state index in [2.05, 4.69) is 21.3 Å². The summed E-state index contributed by atoms with van der Waals surface area (Å²) in [5.41, 5.74) is -0.291. The van der Waals surface area contributed by atoms with Crippen LogP contribution in [0.1, 0.15) is 119 Å². The average molecular weight is 1090 g/mol. The lowest BCUT2D eigenvalue weighted by atomic mass is 9.78. The number of carbonyl (C=O) groups is 5. The number of nitrogens with one attached hydrogen (secondary N) is 4. The van der Waals surface area contributed by atoms with E-state index in [1.165, 1.54) is 24.3 Å². The molecular formula is C44H61N6O18S4+. The largest absolute Gasteiger partial charge is 0.481 e. The van der Waals surface area contributed by atoms with Gasteiger partial charge in [0, 0.05) is 96.8 Å². The smallest absolute Gasteiger partial charge is 0.303 e. The summed E-state index contributed by atoms with van der Waals surface area (Å²) < 4.78 is 132. The summed E-state index contributed by atoms with van der Waals surface area (Å²) in [6, 6.07) is 5.50. The number of allylic oxidation sites excluding steroid dienone is 4. The molecule has 9 N–H and O–H groups in total. The monoisotopic (exact) mass is 1090 g/mol. The molecular weight excluding hydrogens is 1030 g/mol. The van der Waals surface area contributed by atoms with E-state index in [4.69, 9.17) is 0 Å². The Bertz CT molecular complexity index is 3040. The Morgan fingerprint density at radius 3 is 1.60 bits per heavy atom. The first kappa shape index (κ1) is 58.9. The maximum absolute atomic E-state index is 14.0. The van der Waals surface area contributed by atoms with E-state index in [-0.39, 0.29) is 54.7 Å². The number of anilines is 1. The fourth-order valence-electron chi connectivity index (χ4n) is 8.68. The number of rotatable bonds is 26. The van der Waals surface area contributed by atoms with Crippen molar-refractivity contribution in [2.24, 2.45) is 0 Å². The molecule has 4 rings (SSSR count). The number of carbonyl (C=O) groups excluding carboxylic acids is 4. The number of carboxylic acids is 1. The fourth-order valence-corrected chi connectivity index (χ4v) is 10.3. The number of fused-ring (bicyclic) bond motifs is 2. The van der Waals surface area contributed by atoms with E-state index in [0.717, 1.165) is 0 Å². The van der Waals surface area contributed by atoms with Crippen LogP contribution in [0.2, 0.25) is 0 Å². The van der Waals surface area contributed by atoms with Gasteiger partial charge >= 0.3 is 5.97 Å². The van der Waals surface area contributed by atoms with Gasteiger partial charge < -0.3 is 31.3 Å². The van der Waals surface area contributed by atoms with Crippen molar-refractivity contribution in [3.8, 4) is 0 Å². The SMILES string of the molecule is CCNC(=O)c1cc(C(=O)NCCS(=O)(=O)O)c2c(c1)[N+](CCCS(=O)(=O)O)=C(/C=C/C=C1/N(CCCCCC(=O)O)c3cc(C(=O)NCCS(=O)(=O)O)cc(C(=O)NCCS(=O)(=O)O)c3C1(C)C)C2(C)C. The van der Waals surface area contributed by atoms with Gasteiger partial charge in [-0.2, -0.15) is 38.2 Å². The van der Waals surface area contributed by atoms with Crippen LogP contribution in [-0.4, -0.2) is 159 Å². The minimum Gasteiger partial charge on any atom is -0.481 e. The molecule has 4 amide bonds. The normalized spacial score (nSPS) is 15.9. The van der Waals surface area contributed by atoms with Crippen LogP contribution < -0.4 is 26.2 Å². The Balaban J connectivity index is 1.98. The second-order valence-corrected chi connectivity index (χ2v) is 24.3. The summed E-state index contributed by atoms with van der Waals surface area (Å²) in [6.07, 6.45) is 5.83. The van der Waals surface area contributed by atoms with Crippen LogP contribution in [0.25, 0.3) is 0 Å². The molecule has 0 unspecified atom stereocenters. The molecule has 0 aromatic heterocycles. The molecule has 2 aliphatic heterocycles. The third-order valence-electron chi connectivity index (χ3n) is 11.8. The minimum atomic E-state index is -4.52. The van der Waals surface area contributed by atoms with Gasteiger partial charge in [-0.15, -0.1) is 0 Å². The molecule has 0 atom stereocenters. The molecule has 2 heterocycles. The van der Waals surface area contributed by atoms with Crippen molar-refractivity contribution in [1.29, 1.82) is 0 Å². The molecule has 2 aromatic rings. The Kier molecular flexibility index (Phi) is 19.2. The minimum absolute atomic E-state index is 0.0206. The highest BCUT2D eigenvalue weighted by Crippen LogP contribution is 2.50. The van der Waals surface area contributed by atoms with Crippen LogP contribution in [-0.2, 0) is 56.1 Å². The highest BCUT2D eigenvalue weighted by atomic mass is 32.2. The van der Waals surface area contributed by atoms with E-state index in [1.54, 1.807) is 62.3 Å². The van der Waals surface area contributed by atoms with Crippen molar-refractivity contribution in [3.05, 3.63) is 81.6 Å². The molecule has 0 spiro atoms. The Morgan fingerprint density at radius 1 is 0.611 bits per heavy atom. The van der Waals surface area contributed by atoms with E-state index in [9.17, 15) is 81.0 Å². The van der Waals surface area contributed by atoms with Crippen molar-refractivity contribution in [1.82, 2.24) is 21.3 Å². The zero-order valence-electron chi connectivity index (χ0n) is 40.2. The van der Waals surface area contributed by atoms with E-state index < -0.39 is 124 Å². The van der Waals surface area contributed by atoms with Crippen LogP contribution >= 0.6 is 0 Å². The lowest BCUT2D eigenvalue weighted by Gasteiger charge is -2.27. The summed E-state index contributed by atoms with van der Waals surface area (Å²) in [4.78, 5) is 68.0. The molecule has 2 aromatic carbocycles. The van der Waals surface area contributed by atoms with E-state index >= 15 is 0 Å². The van der Waals surface area contributed by atoms with Gasteiger partial charge in [0.05, 0.1) is 39.6 Å². The summed E-state index contributed by atoms with van der Waals surface area (Å²) >= 11 is 0. The number of hydrogen-bond acceptors (Lipinski definition) is 14. The van der Waals surface area contributed by atoms with Gasteiger partial charge in [-0.25, -0.2) is 0 Å². The summed E-state index contributed by atoms with van der Waals surface area (Å²) in [6.45, 7) is 7.44. The number of benzene rings is 2. The predicted octanol–water partition coefficient (Wildman–Crippen LogP) is 1.83. The highest BCUT2D eigenvalue weighted by Gasteiger charge is 2.48. The molecule has 0 radical (unpaired) electrons. The van der Waals surface area contributed by atoms with Crippen LogP contribution in [0, 0.1) is 0 Å². The van der Waals surface area contributed by atoms with Crippen LogP contribution in [0.4, 0.5) is 11.4 Å². The first-order valence-electron chi connectivity index (χ1n) is 22.5. The predicted molar refractivity (Wildman–Crippen MR) is 265 cm³/mol. The number of hydrogen-bond donors (Lipinski definition) is 9. The summed E-state index contributed by atoms with van der Waals surface area (Å²) in [5.74, 6) is -7.24. The zero-order chi connectivity index (χ0) is 54.2.